The zero-order valence-electron chi connectivity index (χ0n) is 10.6. The Morgan fingerprint density at radius 3 is 2.94 bits per heavy atom. The highest BCUT2D eigenvalue weighted by Gasteiger charge is 2.28. The van der Waals surface area contributed by atoms with Crippen molar-refractivity contribution >= 4 is 21.8 Å². The van der Waals surface area contributed by atoms with Crippen LogP contribution in [0.25, 0.3) is 0 Å². The zero-order chi connectivity index (χ0) is 13.3. The molecule has 0 aliphatic carbocycles. The molecule has 1 aliphatic rings. The number of hydrogen-bond acceptors (Lipinski definition) is 3. The maximum Gasteiger partial charge on any atom is 0.270 e. The fourth-order valence-corrected chi connectivity index (χ4v) is 2.60. The summed E-state index contributed by atoms with van der Waals surface area (Å²) in [6.45, 7) is 3.62. The van der Waals surface area contributed by atoms with Gasteiger partial charge in [0.25, 0.3) is 5.91 Å². The molecule has 1 saturated heterocycles. The van der Waals surface area contributed by atoms with E-state index in [0.717, 1.165) is 4.47 Å². The molecule has 2 atom stereocenters. The van der Waals surface area contributed by atoms with E-state index in [2.05, 4.69) is 15.9 Å². The highest BCUT2D eigenvalue weighted by atomic mass is 79.9. The molecule has 1 aromatic rings. The summed E-state index contributed by atoms with van der Waals surface area (Å²) in [7, 11) is 1.86. The Hall–Kier alpha value is -0.850. The molecule has 2 N–H and O–H groups in total. The second-order valence-corrected chi connectivity index (χ2v) is 5.59. The Morgan fingerprint density at radius 1 is 1.67 bits per heavy atom. The number of nitrogens with zero attached hydrogens (tertiary/aromatic N) is 2. The first-order valence-electron chi connectivity index (χ1n) is 5.97. The quantitative estimate of drug-likeness (QED) is 0.885. The number of amides is 1. The molecule has 2 heterocycles. The van der Waals surface area contributed by atoms with Crippen LogP contribution in [0.3, 0.4) is 0 Å². The van der Waals surface area contributed by atoms with E-state index in [1.54, 1.807) is 4.90 Å². The van der Waals surface area contributed by atoms with Crippen LogP contribution < -0.4 is 5.73 Å². The molecule has 2 unspecified atom stereocenters. The van der Waals surface area contributed by atoms with Gasteiger partial charge < -0.3 is 19.9 Å². The predicted octanol–water partition coefficient (Wildman–Crippen LogP) is 0.976. The minimum absolute atomic E-state index is 0.0251. The van der Waals surface area contributed by atoms with Crippen molar-refractivity contribution in [3.63, 3.8) is 0 Å². The third-order valence-corrected chi connectivity index (χ3v) is 3.59. The highest BCUT2D eigenvalue weighted by molar-refractivity contribution is 9.10. The first kappa shape index (κ1) is 13.6. The van der Waals surface area contributed by atoms with Gasteiger partial charge in [-0.2, -0.15) is 0 Å². The fraction of sp³-hybridized carbons (Fsp3) is 0.583. The van der Waals surface area contributed by atoms with E-state index in [-0.39, 0.29) is 18.1 Å². The van der Waals surface area contributed by atoms with Gasteiger partial charge in [0.05, 0.1) is 12.7 Å². The summed E-state index contributed by atoms with van der Waals surface area (Å²) in [4.78, 5) is 14.2. The molecule has 2 rings (SSSR count). The lowest BCUT2D eigenvalue weighted by atomic mass is 10.1. The van der Waals surface area contributed by atoms with Gasteiger partial charge in [-0.1, -0.05) is 0 Å². The zero-order valence-corrected chi connectivity index (χ0v) is 12.2. The smallest absolute Gasteiger partial charge is 0.270 e. The molecule has 6 heteroatoms. The Balaban J connectivity index is 2.11. The molecule has 1 amide bonds. The van der Waals surface area contributed by atoms with E-state index < -0.39 is 0 Å². The molecule has 0 saturated carbocycles. The highest BCUT2D eigenvalue weighted by Crippen LogP contribution is 2.17. The van der Waals surface area contributed by atoms with Crippen LogP contribution >= 0.6 is 15.9 Å². The lowest BCUT2D eigenvalue weighted by Gasteiger charge is -2.34. The van der Waals surface area contributed by atoms with Crippen LogP contribution in [-0.4, -0.2) is 47.2 Å². The first-order valence-corrected chi connectivity index (χ1v) is 6.76. The summed E-state index contributed by atoms with van der Waals surface area (Å²) >= 11 is 3.37. The lowest BCUT2D eigenvalue weighted by Crippen LogP contribution is -2.51. The summed E-state index contributed by atoms with van der Waals surface area (Å²) in [6.07, 6.45) is 1.79. The first-order chi connectivity index (χ1) is 8.49. The van der Waals surface area contributed by atoms with Crippen LogP contribution in [0.5, 0.6) is 0 Å². The molecular weight excluding hydrogens is 298 g/mol. The maximum atomic E-state index is 12.4. The molecule has 100 valence electrons. The second kappa shape index (κ2) is 5.42. The lowest BCUT2D eigenvalue weighted by molar-refractivity contribution is -0.0302. The number of carbonyl (C=O) groups is 1. The normalized spacial score (nSPS) is 22.0. The molecular formula is C12H18BrN3O2. The topological polar surface area (TPSA) is 60.5 Å². The van der Waals surface area contributed by atoms with Gasteiger partial charge >= 0.3 is 0 Å². The molecule has 1 fully saturated rings. The predicted molar refractivity (Wildman–Crippen MR) is 72.4 cm³/mol. The van der Waals surface area contributed by atoms with Gasteiger partial charge in [-0.25, -0.2) is 0 Å². The van der Waals surface area contributed by atoms with Gasteiger partial charge in [-0.05, 0) is 28.9 Å². The molecule has 0 spiro atoms. The van der Waals surface area contributed by atoms with Gasteiger partial charge in [0.1, 0.15) is 5.69 Å². The Labute approximate surface area is 115 Å². The third kappa shape index (κ3) is 2.76. The summed E-state index contributed by atoms with van der Waals surface area (Å²) < 4.78 is 8.29. The van der Waals surface area contributed by atoms with Gasteiger partial charge in [-0.3, -0.25) is 4.79 Å². The minimum Gasteiger partial charge on any atom is -0.373 e. The molecule has 5 nitrogen and oxygen atoms in total. The molecule has 18 heavy (non-hydrogen) atoms. The molecule has 1 aliphatic heterocycles. The van der Waals surface area contributed by atoms with Crippen molar-refractivity contribution in [1.29, 1.82) is 0 Å². The summed E-state index contributed by atoms with van der Waals surface area (Å²) in [5, 5.41) is 0. The number of nitrogens with two attached hydrogens (primary N) is 1. The Morgan fingerprint density at radius 2 is 2.39 bits per heavy atom. The minimum atomic E-state index is -0.0774. The molecule has 0 aromatic carbocycles. The third-order valence-electron chi connectivity index (χ3n) is 3.16. The number of aromatic nitrogens is 1. The number of hydrogen-bond donors (Lipinski definition) is 1. The van der Waals surface area contributed by atoms with Crippen molar-refractivity contribution in [3.05, 3.63) is 22.4 Å². The number of aryl methyl sites for hydroxylation is 1. The fourth-order valence-electron chi connectivity index (χ4n) is 2.08. The number of halogens is 1. The van der Waals surface area contributed by atoms with Gasteiger partial charge in [0.2, 0.25) is 0 Å². The van der Waals surface area contributed by atoms with Crippen molar-refractivity contribution in [3.8, 4) is 0 Å². The van der Waals surface area contributed by atoms with Crippen LogP contribution in [0.2, 0.25) is 0 Å². The van der Waals surface area contributed by atoms with E-state index in [4.69, 9.17) is 10.5 Å². The standard InChI is InChI=1S/C12H18BrN3O2/c1-8(14)11-7-16(3-4-18-11)12(17)10-5-9(13)6-15(10)2/h5-6,8,11H,3-4,7,14H2,1-2H3. The average molecular weight is 316 g/mol. The number of morpholine rings is 1. The van der Waals surface area contributed by atoms with E-state index in [1.165, 1.54) is 0 Å². The van der Waals surface area contributed by atoms with Crippen molar-refractivity contribution in [1.82, 2.24) is 9.47 Å². The number of rotatable bonds is 2. The van der Waals surface area contributed by atoms with Gasteiger partial charge in [0, 0.05) is 36.8 Å². The maximum absolute atomic E-state index is 12.4. The van der Waals surface area contributed by atoms with Crippen molar-refractivity contribution < 1.29 is 9.53 Å². The summed E-state index contributed by atoms with van der Waals surface area (Å²) in [5.74, 6) is 0.0251. The van der Waals surface area contributed by atoms with E-state index in [1.807, 2.05) is 30.8 Å². The molecule has 0 bridgehead atoms. The van der Waals surface area contributed by atoms with Crippen LogP contribution in [0, 0.1) is 0 Å². The van der Waals surface area contributed by atoms with E-state index in [0.29, 0.717) is 25.4 Å². The van der Waals surface area contributed by atoms with Crippen molar-refractivity contribution in [2.45, 2.75) is 19.1 Å². The largest absolute Gasteiger partial charge is 0.373 e. The molecule has 0 radical (unpaired) electrons. The Bertz CT molecular complexity index is 445. The number of carbonyl (C=O) groups excluding carboxylic acids is 1. The van der Waals surface area contributed by atoms with Crippen LogP contribution in [0.15, 0.2) is 16.7 Å². The Kier molecular flexibility index (Phi) is 4.09. The van der Waals surface area contributed by atoms with Crippen molar-refractivity contribution in [2.75, 3.05) is 19.7 Å². The van der Waals surface area contributed by atoms with Gasteiger partial charge in [-0.15, -0.1) is 0 Å². The van der Waals surface area contributed by atoms with E-state index in [9.17, 15) is 4.79 Å². The van der Waals surface area contributed by atoms with Gasteiger partial charge in [0.15, 0.2) is 0 Å². The second-order valence-electron chi connectivity index (χ2n) is 4.67. The monoisotopic (exact) mass is 315 g/mol. The summed E-state index contributed by atoms with van der Waals surface area (Å²) in [5.41, 5.74) is 6.50. The molecule has 1 aromatic heterocycles. The van der Waals surface area contributed by atoms with E-state index >= 15 is 0 Å². The average Bonchev–Trinajstić information content (AvgIpc) is 2.67. The van der Waals surface area contributed by atoms with Crippen LogP contribution in [0.1, 0.15) is 17.4 Å². The summed E-state index contributed by atoms with van der Waals surface area (Å²) in [6, 6.07) is 1.76. The SMILES string of the molecule is CC(N)C1CN(C(=O)c2cc(Br)cn2C)CCO1. The van der Waals surface area contributed by atoms with Crippen LogP contribution in [-0.2, 0) is 11.8 Å². The van der Waals surface area contributed by atoms with Crippen molar-refractivity contribution in [2.24, 2.45) is 12.8 Å². The number of ether oxygens (including phenoxy) is 1. The van der Waals surface area contributed by atoms with Crippen LogP contribution in [0.4, 0.5) is 0 Å².